The van der Waals surface area contributed by atoms with Gasteiger partial charge in [0.15, 0.2) is 0 Å². The zero-order valence-corrected chi connectivity index (χ0v) is 21.5. The SMILES string of the molecule is CC1CCC(Nc2cc(-n3c4ccccc4c4c(-c5ccc(CO)nc5)cccc43)ccc2C(N)=O)CC1. The predicted molar refractivity (Wildman–Crippen MR) is 153 cm³/mol. The quantitative estimate of drug-likeness (QED) is 0.248. The van der Waals surface area contributed by atoms with Gasteiger partial charge < -0.3 is 20.7 Å². The van der Waals surface area contributed by atoms with Gasteiger partial charge in [-0.3, -0.25) is 9.78 Å². The van der Waals surface area contributed by atoms with Gasteiger partial charge in [0, 0.05) is 39.9 Å². The summed E-state index contributed by atoms with van der Waals surface area (Å²) in [6, 6.07) is 24.8. The van der Waals surface area contributed by atoms with E-state index in [0.717, 1.165) is 63.1 Å². The summed E-state index contributed by atoms with van der Waals surface area (Å²) >= 11 is 0. The second kappa shape index (κ2) is 9.95. The zero-order valence-electron chi connectivity index (χ0n) is 21.5. The molecule has 0 saturated heterocycles. The first-order chi connectivity index (χ1) is 18.5. The van der Waals surface area contributed by atoms with Crippen molar-refractivity contribution in [1.82, 2.24) is 9.55 Å². The number of nitrogens with two attached hydrogens (primary N) is 1. The lowest BCUT2D eigenvalue weighted by atomic mass is 9.87. The maximum atomic E-state index is 12.3. The van der Waals surface area contributed by atoms with Crippen LogP contribution >= 0.6 is 0 Å². The molecular formula is C32H32N4O2. The molecule has 0 bridgehead atoms. The van der Waals surface area contributed by atoms with Crippen molar-refractivity contribution >= 4 is 33.4 Å². The van der Waals surface area contributed by atoms with Crippen LogP contribution in [0, 0.1) is 5.92 Å². The number of carbonyl (C=O) groups is 1. The zero-order chi connectivity index (χ0) is 26.2. The minimum atomic E-state index is -0.424. The Bertz CT molecular complexity index is 1630. The highest BCUT2D eigenvalue weighted by molar-refractivity contribution is 6.15. The van der Waals surface area contributed by atoms with Gasteiger partial charge in [-0.1, -0.05) is 43.3 Å². The van der Waals surface area contributed by atoms with E-state index in [1.54, 1.807) is 0 Å². The van der Waals surface area contributed by atoms with Gasteiger partial charge in [-0.05, 0) is 73.6 Å². The minimum Gasteiger partial charge on any atom is -0.390 e. The molecule has 3 aromatic carbocycles. The summed E-state index contributed by atoms with van der Waals surface area (Å²) in [6.45, 7) is 2.22. The number of rotatable bonds is 6. The second-order valence-electron chi connectivity index (χ2n) is 10.4. The fraction of sp³-hybridized carbons (Fsp3) is 0.250. The Labute approximate surface area is 222 Å². The number of carbonyl (C=O) groups excluding carboxylic acids is 1. The Morgan fingerprint density at radius 1 is 1.00 bits per heavy atom. The Balaban J connectivity index is 1.52. The van der Waals surface area contributed by atoms with Crippen molar-refractivity contribution in [3.05, 3.63) is 90.3 Å². The van der Waals surface area contributed by atoms with Crippen LogP contribution in [-0.4, -0.2) is 26.6 Å². The van der Waals surface area contributed by atoms with E-state index in [4.69, 9.17) is 5.73 Å². The number of hydrogen-bond acceptors (Lipinski definition) is 4. The lowest BCUT2D eigenvalue weighted by Gasteiger charge is -2.28. The number of para-hydroxylation sites is 1. The number of benzene rings is 3. The smallest absolute Gasteiger partial charge is 0.250 e. The molecule has 1 saturated carbocycles. The van der Waals surface area contributed by atoms with Gasteiger partial charge >= 0.3 is 0 Å². The van der Waals surface area contributed by atoms with Crippen LogP contribution in [0.3, 0.4) is 0 Å². The van der Waals surface area contributed by atoms with E-state index in [0.29, 0.717) is 17.3 Å². The molecule has 2 heterocycles. The van der Waals surface area contributed by atoms with Gasteiger partial charge in [-0.15, -0.1) is 0 Å². The van der Waals surface area contributed by atoms with Crippen LogP contribution < -0.4 is 11.1 Å². The van der Waals surface area contributed by atoms with Crippen molar-refractivity contribution in [3.63, 3.8) is 0 Å². The predicted octanol–water partition coefficient (Wildman–Crippen LogP) is 6.43. The van der Waals surface area contributed by atoms with Crippen LogP contribution in [0.25, 0.3) is 38.6 Å². The van der Waals surface area contributed by atoms with Gasteiger partial charge in [0.25, 0.3) is 5.91 Å². The molecule has 0 aliphatic heterocycles. The third-order valence-electron chi connectivity index (χ3n) is 7.90. The summed E-state index contributed by atoms with van der Waals surface area (Å²) in [7, 11) is 0. The molecule has 38 heavy (non-hydrogen) atoms. The third kappa shape index (κ3) is 4.31. The maximum absolute atomic E-state index is 12.3. The average Bonchev–Trinajstić information content (AvgIpc) is 3.29. The molecule has 1 fully saturated rings. The van der Waals surface area contributed by atoms with Crippen molar-refractivity contribution in [1.29, 1.82) is 0 Å². The minimum absolute atomic E-state index is 0.0820. The molecule has 2 aromatic heterocycles. The molecule has 0 radical (unpaired) electrons. The first-order valence-electron chi connectivity index (χ1n) is 13.3. The van der Waals surface area contributed by atoms with Crippen LogP contribution in [-0.2, 0) is 6.61 Å². The third-order valence-corrected chi connectivity index (χ3v) is 7.90. The molecule has 1 aliphatic carbocycles. The standard InChI is InChI=1S/C32H32N4O2/c1-20-9-12-22(13-10-20)35-28-17-24(15-16-26(28)32(33)38)36-29-7-3-2-5-27(29)31-25(6-4-8-30(31)36)21-11-14-23(19-37)34-18-21/h2-8,11,14-18,20,22,35,37H,9-10,12-13,19H2,1H3,(H2,33,38). The van der Waals surface area contributed by atoms with Gasteiger partial charge in [0.05, 0.1) is 28.9 Å². The summed E-state index contributed by atoms with van der Waals surface area (Å²) in [6.07, 6.45) is 6.37. The molecule has 192 valence electrons. The van der Waals surface area contributed by atoms with Crippen molar-refractivity contribution in [2.75, 3.05) is 5.32 Å². The van der Waals surface area contributed by atoms with Crippen LogP contribution in [0.1, 0.15) is 48.7 Å². The molecule has 1 aliphatic rings. The Kier molecular flexibility index (Phi) is 6.34. The highest BCUT2D eigenvalue weighted by atomic mass is 16.3. The number of primary amides is 1. The molecule has 0 spiro atoms. The number of hydrogen-bond donors (Lipinski definition) is 3. The normalized spacial score (nSPS) is 17.6. The van der Waals surface area contributed by atoms with Gasteiger partial charge in [-0.2, -0.15) is 0 Å². The van der Waals surface area contributed by atoms with E-state index < -0.39 is 5.91 Å². The summed E-state index contributed by atoms with van der Waals surface area (Å²) in [5, 5.41) is 15.4. The van der Waals surface area contributed by atoms with Gasteiger partial charge in [-0.25, -0.2) is 0 Å². The lowest BCUT2D eigenvalue weighted by molar-refractivity contribution is 0.100. The van der Waals surface area contributed by atoms with E-state index in [1.807, 2.05) is 30.5 Å². The topological polar surface area (TPSA) is 93.2 Å². The largest absolute Gasteiger partial charge is 0.390 e. The molecule has 6 nitrogen and oxygen atoms in total. The molecule has 6 rings (SSSR count). The van der Waals surface area contributed by atoms with E-state index in [-0.39, 0.29) is 6.61 Å². The molecule has 6 heteroatoms. The molecule has 1 amide bonds. The number of pyridine rings is 1. The van der Waals surface area contributed by atoms with Gasteiger partial charge in [0.1, 0.15) is 0 Å². The van der Waals surface area contributed by atoms with E-state index in [1.165, 1.54) is 12.8 Å². The first kappa shape index (κ1) is 24.2. The van der Waals surface area contributed by atoms with Crippen molar-refractivity contribution in [3.8, 4) is 16.8 Å². The number of aliphatic hydroxyl groups excluding tert-OH is 1. The first-order valence-corrected chi connectivity index (χ1v) is 13.3. The fourth-order valence-corrected chi connectivity index (χ4v) is 5.85. The summed E-state index contributed by atoms with van der Waals surface area (Å²) in [5.41, 5.74) is 12.9. The highest BCUT2D eigenvalue weighted by Crippen LogP contribution is 2.39. The molecule has 0 atom stereocenters. The van der Waals surface area contributed by atoms with Crippen molar-refractivity contribution < 1.29 is 9.90 Å². The number of fused-ring (bicyclic) bond motifs is 3. The second-order valence-corrected chi connectivity index (χ2v) is 10.4. The monoisotopic (exact) mass is 504 g/mol. The number of amides is 1. The lowest BCUT2D eigenvalue weighted by Crippen LogP contribution is -2.27. The maximum Gasteiger partial charge on any atom is 0.250 e. The molecule has 5 aromatic rings. The van der Waals surface area contributed by atoms with Crippen LogP contribution in [0.15, 0.2) is 79.0 Å². The van der Waals surface area contributed by atoms with Crippen molar-refractivity contribution in [2.24, 2.45) is 11.7 Å². The highest BCUT2D eigenvalue weighted by Gasteiger charge is 2.21. The van der Waals surface area contributed by atoms with Crippen LogP contribution in [0.2, 0.25) is 0 Å². The summed E-state index contributed by atoms with van der Waals surface area (Å²) < 4.78 is 2.25. The van der Waals surface area contributed by atoms with E-state index in [2.05, 4.69) is 70.3 Å². The number of aromatic nitrogens is 2. The number of anilines is 1. The molecule has 4 N–H and O–H groups in total. The van der Waals surface area contributed by atoms with Crippen LogP contribution in [0.4, 0.5) is 5.69 Å². The summed E-state index contributed by atoms with van der Waals surface area (Å²) in [4.78, 5) is 16.8. The number of aliphatic hydroxyl groups is 1. The Hall–Kier alpha value is -4.16. The fourth-order valence-electron chi connectivity index (χ4n) is 5.85. The van der Waals surface area contributed by atoms with E-state index in [9.17, 15) is 9.90 Å². The molecular weight excluding hydrogens is 472 g/mol. The number of nitrogens with one attached hydrogen (secondary N) is 1. The van der Waals surface area contributed by atoms with E-state index >= 15 is 0 Å². The number of nitrogens with zero attached hydrogens (tertiary/aromatic N) is 2. The van der Waals surface area contributed by atoms with Crippen LogP contribution in [0.5, 0.6) is 0 Å². The van der Waals surface area contributed by atoms with Gasteiger partial charge in [0.2, 0.25) is 0 Å². The molecule has 0 unspecified atom stereocenters. The Morgan fingerprint density at radius 3 is 2.53 bits per heavy atom. The Morgan fingerprint density at radius 2 is 1.79 bits per heavy atom. The summed E-state index contributed by atoms with van der Waals surface area (Å²) in [5.74, 6) is 0.323. The van der Waals surface area contributed by atoms with Crippen molar-refractivity contribution in [2.45, 2.75) is 45.3 Å². The average molecular weight is 505 g/mol.